The van der Waals surface area contributed by atoms with Crippen LogP contribution in [-0.2, 0) is 9.59 Å². The van der Waals surface area contributed by atoms with Gasteiger partial charge >= 0.3 is 0 Å². The van der Waals surface area contributed by atoms with Crippen molar-refractivity contribution in [3.8, 4) is 6.07 Å². The molecule has 0 aliphatic heterocycles. The minimum atomic E-state index is -1.32. The first-order valence-electron chi connectivity index (χ1n) is 10.0. The van der Waals surface area contributed by atoms with Gasteiger partial charge < -0.3 is 5.32 Å². The molecule has 0 saturated heterocycles. The normalized spacial score (nSPS) is 12.7. The van der Waals surface area contributed by atoms with Gasteiger partial charge in [-0.3, -0.25) is 9.59 Å². The van der Waals surface area contributed by atoms with E-state index >= 15 is 0 Å². The standard InChI is InChI=1S/C23H19N7O2S/c1-23(2,3)21(31)20(22(32)25-13-7-5-4-6-8-13)29-26-14-9-10-16-15(11-14)18-19(28-27-16)17(12-24)33-30-18/h4-11,20H,1-3H3,(H,25,32)/b29-26+. The van der Waals surface area contributed by atoms with E-state index in [0.29, 0.717) is 38.2 Å². The maximum absolute atomic E-state index is 13.0. The smallest absolute Gasteiger partial charge is 0.258 e. The van der Waals surface area contributed by atoms with E-state index in [1.54, 1.807) is 63.2 Å². The van der Waals surface area contributed by atoms with Gasteiger partial charge in [0.2, 0.25) is 6.04 Å². The summed E-state index contributed by atoms with van der Waals surface area (Å²) in [5.41, 5.74) is 1.74. The van der Waals surface area contributed by atoms with E-state index in [4.69, 9.17) is 0 Å². The highest BCUT2D eigenvalue weighted by Crippen LogP contribution is 2.29. The summed E-state index contributed by atoms with van der Waals surface area (Å²) < 4.78 is 4.32. The molecule has 0 spiro atoms. The number of benzene rings is 2. The molecule has 2 heterocycles. The highest BCUT2D eigenvalue weighted by Gasteiger charge is 2.35. The number of aromatic nitrogens is 3. The average Bonchev–Trinajstić information content (AvgIpc) is 3.23. The van der Waals surface area contributed by atoms with E-state index in [0.717, 1.165) is 11.5 Å². The van der Waals surface area contributed by atoms with Crippen LogP contribution in [0.2, 0.25) is 0 Å². The number of carbonyl (C=O) groups is 2. The van der Waals surface area contributed by atoms with Gasteiger partial charge in [-0.05, 0) is 41.9 Å². The van der Waals surface area contributed by atoms with E-state index in [1.807, 2.05) is 6.07 Å². The van der Waals surface area contributed by atoms with Crippen LogP contribution < -0.4 is 5.32 Å². The van der Waals surface area contributed by atoms with Gasteiger partial charge in [0.15, 0.2) is 10.7 Å². The van der Waals surface area contributed by atoms with Crippen LogP contribution in [0.25, 0.3) is 21.9 Å². The van der Waals surface area contributed by atoms with Gasteiger partial charge in [0, 0.05) is 16.5 Å². The van der Waals surface area contributed by atoms with Crippen molar-refractivity contribution in [1.29, 1.82) is 5.26 Å². The topological polar surface area (TPSA) is 133 Å². The zero-order valence-electron chi connectivity index (χ0n) is 18.1. The summed E-state index contributed by atoms with van der Waals surface area (Å²) in [5, 5.41) is 29.1. The Labute approximate surface area is 193 Å². The van der Waals surface area contributed by atoms with Gasteiger partial charge in [0.05, 0.1) is 11.2 Å². The van der Waals surface area contributed by atoms with E-state index in [-0.39, 0.29) is 5.78 Å². The van der Waals surface area contributed by atoms with Crippen LogP contribution in [0.4, 0.5) is 11.4 Å². The molecule has 1 unspecified atom stereocenters. The predicted molar refractivity (Wildman–Crippen MR) is 125 cm³/mol. The van der Waals surface area contributed by atoms with E-state index in [9.17, 15) is 14.9 Å². The van der Waals surface area contributed by atoms with Crippen LogP contribution in [0.5, 0.6) is 0 Å². The first kappa shape index (κ1) is 22.1. The van der Waals surface area contributed by atoms with Crippen molar-refractivity contribution >= 4 is 56.5 Å². The number of hydrogen-bond donors (Lipinski definition) is 1. The Bertz CT molecular complexity index is 1430. The van der Waals surface area contributed by atoms with Crippen molar-refractivity contribution < 1.29 is 9.59 Å². The summed E-state index contributed by atoms with van der Waals surface area (Å²) in [7, 11) is 0. The number of nitriles is 1. The Kier molecular flexibility index (Phi) is 5.89. The molecule has 4 rings (SSSR count). The monoisotopic (exact) mass is 457 g/mol. The minimum absolute atomic E-state index is 0.355. The van der Waals surface area contributed by atoms with Crippen molar-refractivity contribution in [2.24, 2.45) is 15.6 Å². The highest BCUT2D eigenvalue weighted by atomic mass is 32.1. The number of para-hydroxylation sites is 1. The molecule has 33 heavy (non-hydrogen) atoms. The molecule has 0 radical (unpaired) electrons. The molecule has 1 amide bonds. The van der Waals surface area contributed by atoms with Crippen molar-refractivity contribution in [3.63, 3.8) is 0 Å². The third kappa shape index (κ3) is 4.58. The summed E-state index contributed by atoms with van der Waals surface area (Å²) in [4.78, 5) is 26.2. The Morgan fingerprint density at radius 2 is 1.85 bits per heavy atom. The molecule has 0 bridgehead atoms. The zero-order chi connectivity index (χ0) is 23.6. The zero-order valence-corrected chi connectivity index (χ0v) is 18.9. The molecular formula is C23H19N7O2S. The number of amides is 1. The summed E-state index contributed by atoms with van der Waals surface area (Å²) in [6.07, 6.45) is 0. The molecule has 2 aromatic heterocycles. The largest absolute Gasteiger partial charge is 0.324 e. The van der Waals surface area contributed by atoms with Crippen molar-refractivity contribution in [1.82, 2.24) is 14.6 Å². The van der Waals surface area contributed by atoms with Gasteiger partial charge in [0.25, 0.3) is 5.91 Å². The summed E-state index contributed by atoms with van der Waals surface area (Å²) in [6, 6.07) is 14.7. The molecule has 4 aromatic rings. The number of nitrogens with one attached hydrogen (secondary N) is 1. The Morgan fingerprint density at radius 3 is 2.55 bits per heavy atom. The molecule has 10 heteroatoms. The fourth-order valence-corrected chi connectivity index (χ4v) is 3.72. The molecule has 2 aromatic carbocycles. The second-order valence-corrected chi connectivity index (χ2v) is 9.08. The number of hydrogen-bond acceptors (Lipinski definition) is 9. The van der Waals surface area contributed by atoms with Crippen LogP contribution in [0, 0.1) is 16.7 Å². The predicted octanol–water partition coefficient (Wildman–Crippen LogP) is 4.82. The first-order chi connectivity index (χ1) is 15.8. The molecule has 0 fully saturated rings. The molecule has 0 saturated carbocycles. The molecule has 9 nitrogen and oxygen atoms in total. The van der Waals surface area contributed by atoms with E-state index < -0.39 is 17.4 Å². The van der Waals surface area contributed by atoms with Crippen LogP contribution in [0.1, 0.15) is 25.6 Å². The Balaban J connectivity index is 1.69. The van der Waals surface area contributed by atoms with Gasteiger partial charge in [-0.1, -0.05) is 39.0 Å². The van der Waals surface area contributed by atoms with Gasteiger partial charge in [-0.2, -0.15) is 19.9 Å². The quantitative estimate of drug-likeness (QED) is 0.337. The van der Waals surface area contributed by atoms with Crippen LogP contribution in [0.3, 0.4) is 0 Å². The molecule has 1 N–H and O–H groups in total. The SMILES string of the molecule is CC(C)(C)C(=O)C(/N=N/c1ccc2nnc3c(C#N)snc3c2c1)C(=O)Nc1ccccc1. The van der Waals surface area contributed by atoms with E-state index in [2.05, 4.69) is 36.2 Å². The van der Waals surface area contributed by atoms with Crippen molar-refractivity contribution in [2.75, 3.05) is 5.32 Å². The number of fused-ring (bicyclic) bond motifs is 3. The van der Waals surface area contributed by atoms with Gasteiger partial charge in [0.1, 0.15) is 17.1 Å². The minimum Gasteiger partial charge on any atom is -0.324 e. The lowest BCUT2D eigenvalue weighted by molar-refractivity contribution is -0.132. The molecule has 164 valence electrons. The van der Waals surface area contributed by atoms with Crippen LogP contribution >= 0.6 is 11.5 Å². The number of anilines is 1. The van der Waals surface area contributed by atoms with Crippen LogP contribution in [0.15, 0.2) is 58.8 Å². The molecular weight excluding hydrogens is 438 g/mol. The average molecular weight is 458 g/mol. The third-order valence-corrected chi connectivity index (χ3v) is 5.57. The summed E-state index contributed by atoms with van der Waals surface area (Å²) in [6.45, 7) is 5.19. The fraction of sp³-hybridized carbons (Fsp3) is 0.217. The third-order valence-electron chi connectivity index (χ3n) is 4.83. The lowest BCUT2D eigenvalue weighted by Crippen LogP contribution is -2.40. The second-order valence-electron chi connectivity index (χ2n) is 8.31. The Hall–Kier alpha value is -4.10. The van der Waals surface area contributed by atoms with E-state index in [1.165, 1.54) is 0 Å². The number of carbonyl (C=O) groups excluding carboxylic acids is 2. The fourth-order valence-electron chi connectivity index (χ4n) is 3.09. The number of ketones is 1. The van der Waals surface area contributed by atoms with Crippen molar-refractivity contribution in [3.05, 3.63) is 53.4 Å². The summed E-state index contributed by atoms with van der Waals surface area (Å²) >= 11 is 1.05. The number of nitrogens with zero attached hydrogens (tertiary/aromatic N) is 6. The summed E-state index contributed by atoms with van der Waals surface area (Å²) in [5.74, 6) is -0.913. The van der Waals surface area contributed by atoms with Gasteiger partial charge in [-0.25, -0.2) is 0 Å². The molecule has 1 atom stereocenters. The Morgan fingerprint density at radius 1 is 1.09 bits per heavy atom. The number of rotatable bonds is 5. The first-order valence-corrected chi connectivity index (χ1v) is 10.8. The number of Topliss-reactive ketones (excluding diaryl/α,β-unsaturated/α-hetero) is 1. The molecule has 0 aliphatic rings. The second kappa shape index (κ2) is 8.80. The maximum Gasteiger partial charge on any atom is 0.258 e. The lowest BCUT2D eigenvalue weighted by Gasteiger charge is -2.20. The molecule has 0 aliphatic carbocycles. The lowest BCUT2D eigenvalue weighted by atomic mass is 9.86. The van der Waals surface area contributed by atoms with Crippen molar-refractivity contribution in [2.45, 2.75) is 26.8 Å². The van der Waals surface area contributed by atoms with Gasteiger partial charge in [-0.15, -0.1) is 10.2 Å². The highest BCUT2D eigenvalue weighted by molar-refractivity contribution is 7.07. The maximum atomic E-state index is 13.0. The van der Waals surface area contributed by atoms with Crippen LogP contribution in [-0.4, -0.2) is 32.3 Å². The number of azo groups is 1.